The second-order valence-electron chi connectivity index (χ2n) is 20.5. The molecule has 0 spiro atoms. The highest BCUT2D eigenvalue weighted by Crippen LogP contribution is 2.47. The molecule has 5 heterocycles. The Morgan fingerprint density at radius 3 is 1.49 bits per heavy atom. The van der Waals surface area contributed by atoms with Gasteiger partial charge in [0.1, 0.15) is 60.0 Å². The molecule has 0 amide bonds. The van der Waals surface area contributed by atoms with Crippen LogP contribution in [0.25, 0.3) is 10.8 Å². The van der Waals surface area contributed by atoms with Gasteiger partial charge in [0.25, 0.3) is 0 Å². The number of hydrogen-bond donors (Lipinski definition) is 10. The minimum atomic E-state index is -1.72. The van der Waals surface area contributed by atoms with Gasteiger partial charge in [-0.05, 0) is 78.0 Å². The molecular formula is C50H72O23. The molecule has 410 valence electrons. The fraction of sp³-hybridized carbons (Fsp3) is 0.760. The van der Waals surface area contributed by atoms with E-state index in [1.807, 2.05) is 0 Å². The van der Waals surface area contributed by atoms with Gasteiger partial charge >= 0.3 is 0 Å². The van der Waals surface area contributed by atoms with E-state index in [2.05, 4.69) is 0 Å². The number of carbonyl (C=O) groups excluding carboxylic acids is 2. The molecule has 23 nitrogen and oxygen atoms in total. The lowest BCUT2D eigenvalue weighted by Crippen LogP contribution is -2.56. The van der Waals surface area contributed by atoms with Crippen LogP contribution in [0, 0.1) is 12.8 Å². The number of aromatic hydroxyl groups is 2. The van der Waals surface area contributed by atoms with Crippen molar-refractivity contribution >= 4 is 22.3 Å². The van der Waals surface area contributed by atoms with Crippen LogP contribution in [0.15, 0.2) is 12.1 Å². The zero-order valence-electron chi connectivity index (χ0n) is 42.0. The van der Waals surface area contributed by atoms with E-state index in [1.165, 1.54) is 20.1 Å². The Morgan fingerprint density at radius 1 is 0.616 bits per heavy atom. The summed E-state index contributed by atoms with van der Waals surface area (Å²) < 4.78 is 66.4. The lowest BCUT2D eigenvalue weighted by molar-refractivity contribution is -0.329. The summed E-state index contributed by atoms with van der Waals surface area (Å²) in [7, 11) is 1.26. The Labute approximate surface area is 421 Å². The molecule has 5 saturated heterocycles. The van der Waals surface area contributed by atoms with Crippen molar-refractivity contribution in [1.29, 1.82) is 0 Å². The number of fused-ring (bicyclic) bond motifs is 2. The van der Waals surface area contributed by atoms with Crippen molar-refractivity contribution < 1.29 is 113 Å². The van der Waals surface area contributed by atoms with Crippen LogP contribution >= 0.6 is 0 Å². The first-order valence-electron chi connectivity index (χ1n) is 25.0. The highest BCUT2D eigenvalue weighted by Gasteiger charge is 2.50. The molecule has 0 bridgehead atoms. The molecule has 23 heteroatoms. The van der Waals surface area contributed by atoms with Gasteiger partial charge in [0.05, 0.1) is 78.1 Å². The van der Waals surface area contributed by atoms with Crippen LogP contribution in [0.2, 0.25) is 0 Å². The molecule has 10 N–H and O–H groups in total. The number of phenolic OH excluding ortho intramolecular Hbond substituents is 2. The molecule has 2 aromatic carbocycles. The molecule has 0 radical (unpaired) electrons. The Hall–Kier alpha value is -3.28. The Bertz CT molecular complexity index is 2240. The first-order valence-corrected chi connectivity index (χ1v) is 25.0. The predicted molar refractivity (Wildman–Crippen MR) is 248 cm³/mol. The third-order valence-corrected chi connectivity index (χ3v) is 15.3. The lowest BCUT2D eigenvalue weighted by Gasteiger charge is -2.45. The highest BCUT2D eigenvalue weighted by atomic mass is 16.7. The van der Waals surface area contributed by atoms with Gasteiger partial charge in [-0.25, -0.2) is 0 Å². The van der Waals surface area contributed by atoms with E-state index < -0.39 is 170 Å². The van der Waals surface area contributed by atoms with E-state index in [0.717, 1.165) is 6.92 Å². The van der Waals surface area contributed by atoms with Crippen LogP contribution in [0.3, 0.4) is 0 Å². The number of benzene rings is 2. The third-order valence-electron chi connectivity index (χ3n) is 15.3. The molecule has 5 fully saturated rings. The SMILES string of the molecule is CO[C@@H](C1Cc2cc3cc(OC4CC(OC5CC(O)C(O)C(C)O5)C(O)C(C)O4)c(C)c(O)c3c(O)c2C(=O)[C@H]1OC1CC(OC2CC(OC3CC(O)C(O)C(C)O3)C(O)C(C)O2)C(O)C(C)O1)[C@@H](O)C(C)=O. The van der Waals surface area contributed by atoms with Crippen molar-refractivity contribution in [2.45, 2.75) is 228 Å². The number of rotatable bonds is 14. The number of ketones is 2. The molecule has 1 aliphatic carbocycles. The Morgan fingerprint density at radius 2 is 1.04 bits per heavy atom. The van der Waals surface area contributed by atoms with Gasteiger partial charge in [-0.2, -0.15) is 0 Å². The largest absolute Gasteiger partial charge is 0.507 e. The maximum atomic E-state index is 14.9. The van der Waals surface area contributed by atoms with Crippen molar-refractivity contribution in [2.24, 2.45) is 5.92 Å². The molecule has 21 unspecified atom stereocenters. The predicted octanol–water partition coefficient (Wildman–Crippen LogP) is -0.000280. The van der Waals surface area contributed by atoms with Crippen LogP contribution in [-0.4, -0.2) is 211 Å². The highest BCUT2D eigenvalue weighted by molar-refractivity contribution is 6.11. The summed E-state index contributed by atoms with van der Waals surface area (Å²) in [5, 5.41) is 109. The molecule has 0 aromatic heterocycles. The smallest absolute Gasteiger partial charge is 0.202 e. The van der Waals surface area contributed by atoms with Crippen LogP contribution in [0.5, 0.6) is 17.2 Å². The van der Waals surface area contributed by atoms with Gasteiger partial charge in [-0.3, -0.25) is 9.59 Å². The van der Waals surface area contributed by atoms with E-state index in [-0.39, 0.29) is 71.7 Å². The molecule has 73 heavy (non-hydrogen) atoms. The maximum absolute atomic E-state index is 14.9. The quantitative estimate of drug-likeness (QED) is 0.119. The van der Waals surface area contributed by atoms with Crippen molar-refractivity contribution in [2.75, 3.05) is 7.11 Å². The second kappa shape index (κ2) is 22.7. The maximum Gasteiger partial charge on any atom is 0.202 e. The summed E-state index contributed by atoms with van der Waals surface area (Å²) in [6.07, 6.45) is -25.1. The number of Topliss-reactive ketones (excluding diaryl/α,β-unsaturated/α-hetero) is 2. The molecule has 24 atom stereocenters. The third kappa shape index (κ3) is 11.6. The number of ether oxygens (including phenoxy) is 11. The Balaban J connectivity index is 1.03. The number of aliphatic hydroxyl groups is 8. The molecule has 5 aliphatic heterocycles. The number of phenols is 2. The normalized spacial score (nSPS) is 42.3. The monoisotopic (exact) mass is 1040 g/mol. The van der Waals surface area contributed by atoms with Crippen molar-refractivity contribution in [1.82, 2.24) is 0 Å². The van der Waals surface area contributed by atoms with E-state index in [4.69, 9.17) is 52.1 Å². The minimum Gasteiger partial charge on any atom is -0.507 e. The lowest BCUT2D eigenvalue weighted by atomic mass is 9.75. The molecule has 8 rings (SSSR count). The molecule has 0 saturated carbocycles. The second-order valence-corrected chi connectivity index (χ2v) is 20.5. The van der Waals surface area contributed by atoms with Crippen LogP contribution in [0.4, 0.5) is 0 Å². The van der Waals surface area contributed by atoms with Gasteiger partial charge in [-0.15, -0.1) is 0 Å². The Kier molecular flexibility index (Phi) is 17.4. The topological polar surface area (TPSA) is 338 Å². The molecule has 2 aromatic rings. The average Bonchev–Trinajstić information content (AvgIpc) is 3.32. The fourth-order valence-corrected chi connectivity index (χ4v) is 10.9. The zero-order chi connectivity index (χ0) is 53.1. The molecular weight excluding hydrogens is 969 g/mol. The summed E-state index contributed by atoms with van der Waals surface area (Å²) in [5.74, 6) is -3.41. The summed E-state index contributed by atoms with van der Waals surface area (Å²) in [6, 6.07) is 3.11. The zero-order valence-corrected chi connectivity index (χ0v) is 42.0. The van der Waals surface area contributed by atoms with Crippen LogP contribution in [-0.2, 0) is 58.6 Å². The standard InChI is InChI=1S/C50H72O23/c1-17-29(69-35-14-30(44(58)21(5)66-35)70-33-12-27(52)42(56)19(3)64-33)11-25-9-24-10-26(49(63-8)41(55)18(2)51)50(48(62)39(24)47(61)38(25)40(17)54)73-37-16-32(46(60)23(7)68-37)72-36-15-31(45(59)22(6)67-36)71-34-13-28(53)43(57)20(4)65-34/h9,11,19-23,26-28,30-37,41-46,49-50,52-61H,10,12-16H2,1-8H3/t19?,20?,21?,22?,23?,26?,27?,28?,30?,31?,32?,33?,34?,35?,36?,37?,41-,42?,43?,44?,45?,46?,49-,50-/m0/s1. The first-order chi connectivity index (χ1) is 34.4. The summed E-state index contributed by atoms with van der Waals surface area (Å²) in [5.41, 5.74) is 0.218. The summed E-state index contributed by atoms with van der Waals surface area (Å²) >= 11 is 0. The number of hydrogen-bond acceptors (Lipinski definition) is 23. The molecule has 6 aliphatic rings. The minimum absolute atomic E-state index is 0.0158. The number of aliphatic hydroxyl groups excluding tert-OH is 8. The van der Waals surface area contributed by atoms with Gasteiger partial charge in [0, 0.05) is 50.7 Å². The van der Waals surface area contributed by atoms with E-state index in [0.29, 0.717) is 0 Å². The average molecular weight is 1040 g/mol. The fourth-order valence-electron chi connectivity index (χ4n) is 10.9. The van der Waals surface area contributed by atoms with E-state index >= 15 is 0 Å². The van der Waals surface area contributed by atoms with Crippen LogP contribution < -0.4 is 4.74 Å². The van der Waals surface area contributed by atoms with Crippen molar-refractivity contribution in [3.63, 3.8) is 0 Å². The van der Waals surface area contributed by atoms with E-state index in [9.17, 15) is 60.7 Å². The first kappa shape index (κ1) is 55.9. The summed E-state index contributed by atoms with van der Waals surface area (Å²) in [6.45, 7) is 10.7. The summed E-state index contributed by atoms with van der Waals surface area (Å²) in [4.78, 5) is 27.6. The van der Waals surface area contributed by atoms with Gasteiger partial charge in [-0.1, -0.05) is 0 Å². The van der Waals surface area contributed by atoms with Gasteiger partial charge in [0.2, 0.25) is 6.29 Å². The van der Waals surface area contributed by atoms with Crippen molar-refractivity contribution in [3.8, 4) is 17.2 Å². The van der Waals surface area contributed by atoms with Crippen molar-refractivity contribution in [3.05, 3.63) is 28.8 Å². The van der Waals surface area contributed by atoms with Gasteiger partial charge < -0.3 is 103 Å². The van der Waals surface area contributed by atoms with Gasteiger partial charge in [0.15, 0.2) is 36.7 Å². The number of carbonyl (C=O) groups is 2. The van der Waals surface area contributed by atoms with E-state index in [1.54, 1.807) is 40.7 Å². The van der Waals surface area contributed by atoms with Crippen LogP contribution in [0.1, 0.15) is 95.1 Å². The number of methoxy groups -OCH3 is 1.